The Bertz CT molecular complexity index is 1520. The van der Waals surface area contributed by atoms with Crippen molar-refractivity contribution in [2.45, 2.75) is 18.2 Å². The van der Waals surface area contributed by atoms with E-state index in [2.05, 4.69) is 9.88 Å². The molecule has 9 nitrogen and oxygen atoms in total. The largest absolute Gasteiger partial charge is 0.496 e. The molecule has 11 heteroatoms. The van der Waals surface area contributed by atoms with E-state index in [0.29, 0.717) is 41.4 Å². The van der Waals surface area contributed by atoms with Gasteiger partial charge in [-0.15, -0.1) is 11.3 Å². The number of aryl methyl sites for hydroxylation is 1. The van der Waals surface area contributed by atoms with E-state index >= 15 is 0 Å². The number of thiophene rings is 1. The average Bonchev–Trinajstić information content (AvgIpc) is 3.59. The third-order valence-corrected chi connectivity index (χ3v) is 7.68. The number of ether oxygens (including phenoxy) is 2. The van der Waals surface area contributed by atoms with Crippen LogP contribution in [0.1, 0.15) is 28.1 Å². The van der Waals surface area contributed by atoms with Crippen LogP contribution in [0.4, 0.5) is 5.82 Å². The van der Waals surface area contributed by atoms with Crippen LogP contribution in [-0.4, -0.2) is 44.8 Å². The van der Waals surface area contributed by atoms with Crippen molar-refractivity contribution in [2.75, 3.05) is 25.0 Å². The van der Waals surface area contributed by atoms with E-state index in [0.717, 1.165) is 10.4 Å². The summed E-state index contributed by atoms with van der Waals surface area (Å²) >= 11 is 1.56. The van der Waals surface area contributed by atoms with Gasteiger partial charge in [-0.05, 0) is 60.9 Å². The minimum Gasteiger partial charge on any atom is -0.496 e. The molecule has 2 aromatic carbocycles. The Balaban J connectivity index is 1.57. The smallest absolute Gasteiger partial charge is 0.263 e. The maximum atomic E-state index is 12.9. The number of nitrogens with zero attached hydrogens (tertiary/aromatic N) is 1. The molecule has 2 N–H and O–H groups in total. The molecule has 0 atom stereocenters. The molecule has 4 rings (SSSR count). The Labute approximate surface area is 224 Å². The molecule has 0 fully saturated rings. The summed E-state index contributed by atoms with van der Waals surface area (Å²) in [6, 6.07) is 14.6. The zero-order valence-corrected chi connectivity index (χ0v) is 22.3. The van der Waals surface area contributed by atoms with Crippen molar-refractivity contribution in [3.63, 3.8) is 0 Å². The zero-order valence-electron chi connectivity index (χ0n) is 20.7. The van der Waals surface area contributed by atoms with Crippen LogP contribution in [0, 0.1) is 6.92 Å². The summed E-state index contributed by atoms with van der Waals surface area (Å²) in [5.41, 5.74) is 1.83. The highest BCUT2D eigenvalue weighted by atomic mass is 32.2. The molecular formula is C27H26N2O7S2. The van der Waals surface area contributed by atoms with E-state index in [1.807, 2.05) is 23.6 Å². The molecule has 2 aromatic heterocycles. The summed E-state index contributed by atoms with van der Waals surface area (Å²) in [6.07, 6.45) is 3.50. The molecule has 0 aliphatic carbocycles. The van der Waals surface area contributed by atoms with Crippen LogP contribution in [0.2, 0.25) is 0 Å². The van der Waals surface area contributed by atoms with E-state index in [1.165, 1.54) is 36.4 Å². The van der Waals surface area contributed by atoms with E-state index in [9.17, 15) is 13.2 Å². The summed E-state index contributed by atoms with van der Waals surface area (Å²) in [5.74, 6) is 1.36. The van der Waals surface area contributed by atoms with Gasteiger partial charge in [0.15, 0.2) is 11.6 Å². The van der Waals surface area contributed by atoms with Gasteiger partial charge in [0.1, 0.15) is 17.3 Å². The Morgan fingerprint density at radius 3 is 2.58 bits per heavy atom. The number of carbonyl (C=O) groups is 1. The van der Waals surface area contributed by atoms with Gasteiger partial charge in [-0.2, -0.15) is 0 Å². The maximum absolute atomic E-state index is 12.9. The number of rotatable bonds is 12. The Kier molecular flexibility index (Phi) is 8.62. The third-order valence-electron chi connectivity index (χ3n) is 5.41. The number of benzene rings is 2. The number of methoxy groups -OCH3 is 1. The Morgan fingerprint density at radius 2 is 1.95 bits per heavy atom. The quantitative estimate of drug-likeness (QED) is 0.139. The van der Waals surface area contributed by atoms with Gasteiger partial charge in [0.2, 0.25) is 0 Å². The van der Waals surface area contributed by atoms with Crippen LogP contribution in [0.5, 0.6) is 11.5 Å². The van der Waals surface area contributed by atoms with Crippen LogP contribution >= 0.6 is 11.3 Å². The van der Waals surface area contributed by atoms with Gasteiger partial charge in [0, 0.05) is 46.7 Å². The van der Waals surface area contributed by atoms with Crippen LogP contribution < -0.4 is 14.2 Å². The van der Waals surface area contributed by atoms with E-state index in [4.69, 9.17) is 19.1 Å². The standard InChI is InChI=1S/C27H26N2O7S2/c1-18-15-27(28-36-18)29-38(32,33)21-9-6-19(7-10-21)23(31)11-8-20-16-22(26-5-3-14-37-26)25(34-2)17-24(20)35-13-4-12-30/h3,5-11,14-17,30H,4,12-13H2,1-2H3,(H,28,29). The first-order chi connectivity index (χ1) is 18.3. The minimum atomic E-state index is -3.89. The number of hydrogen-bond acceptors (Lipinski definition) is 9. The first-order valence-corrected chi connectivity index (χ1v) is 13.9. The van der Waals surface area contributed by atoms with Crippen molar-refractivity contribution in [1.82, 2.24) is 5.16 Å². The molecule has 0 radical (unpaired) electrons. The lowest BCUT2D eigenvalue weighted by atomic mass is 10.0. The molecule has 0 unspecified atom stereocenters. The fourth-order valence-corrected chi connectivity index (χ4v) is 5.28. The molecule has 0 saturated heterocycles. The van der Waals surface area contributed by atoms with Gasteiger partial charge < -0.3 is 19.1 Å². The summed E-state index contributed by atoms with van der Waals surface area (Å²) in [5, 5.41) is 14.7. The molecule has 0 aliphatic heterocycles. The SMILES string of the molecule is COc1cc(OCCCO)c(C=CC(=O)c2ccc(S(=O)(=O)Nc3cc(C)on3)cc2)cc1-c1cccs1. The number of anilines is 1. The monoisotopic (exact) mass is 554 g/mol. The number of nitrogens with one attached hydrogen (secondary N) is 1. The highest BCUT2D eigenvalue weighted by Gasteiger charge is 2.17. The van der Waals surface area contributed by atoms with E-state index in [-0.39, 0.29) is 23.1 Å². The lowest BCUT2D eigenvalue weighted by molar-refractivity contribution is 0.104. The molecule has 0 aliphatic rings. The first-order valence-electron chi connectivity index (χ1n) is 11.6. The minimum absolute atomic E-state index is 0.00641. The second kappa shape index (κ2) is 12.1. The fourth-order valence-electron chi connectivity index (χ4n) is 3.54. The molecular weight excluding hydrogens is 528 g/mol. The van der Waals surface area contributed by atoms with E-state index < -0.39 is 10.0 Å². The van der Waals surface area contributed by atoms with E-state index in [1.54, 1.807) is 37.5 Å². The number of aromatic nitrogens is 1. The lowest BCUT2D eigenvalue weighted by Crippen LogP contribution is -2.13. The van der Waals surface area contributed by atoms with Gasteiger partial charge in [0.25, 0.3) is 10.0 Å². The Hall–Kier alpha value is -3.93. The number of hydrogen-bond donors (Lipinski definition) is 2. The molecule has 0 bridgehead atoms. The summed E-state index contributed by atoms with van der Waals surface area (Å²) in [4.78, 5) is 13.9. The normalized spacial score (nSPS) is 11.6. The number of sulfonamides is 1. The highest BCUT2D eigenvalue weighted by Crippen LogP contribution is 2.39. The van der Waals surface area contributed by atoms with Crippen LogP contribution in [0.25, 0.3) is 16.5 Å². The van der Waals surface area contributed by atoms with Crippen molar-refractivity contribution in [2.24, 2.45) is 0 Å². The Morgan fingerprint density at radius 1 is 1.16 bits per heavy atom. The molecule has 0 saturated carbocycles. The summed E-state index contributed by atoms with van der Waals surface area (Å²) < 4.78 is 43.8. The number of carbonyl (C=O) groups excluding carboxylic acids is 1. The number of allylic oxidation sites excluding steroid dienone is 1. The number of aliphatic hydroxyl groups excluding tert-OH is 1. The van der Waals surface area contributed by atoms with Crippen molar-refractivity contribution in [3.05, 3.63) is 82.9 Å². The van der Waals surface area contributed by atoms with Crippen molar-refractivity contribution >= 4 is 39.0 Å². The van der Waals surface area contributed by atoms with Crippen LogP contribution in [0.15, 0.2) is 75.5 Å². The van der Waals surface area contributed by atoms with Gasteiger partial charge >= 0.3 is 0 Å². The lowest BCUT2D eigenvalue weighted by Gasteiger charge is -2.14. The second-order valence-corrected chi connectivity index (χ2v) is 10.8. The van der Waals surface area contributed by atoms with Crippen molar-refractivity contribution in [1.29, 1.82) is 0 Å². The molecule has 4 aromatic rings. The van der Waals surface area contributed by atoms with Crippen LogP contribution in [0.3, 0.4) is 0 Å². The number of ketones is 1. The molecule has 198 valence electrons. The highest BCUT2D eigenvalue weighted by molar-refractivity contribution is 7.92. The molecule has 0 spiro atoms. The summed E-state index contributed by atoms with van der Waals surface area (Å²) in [7, 11) is -2.32. The molecule has 0 amide bonds. The molecule has 2 heterocycles. The zero-order chi connectivity index (χ0) is 27.1. The van der Waals surface area contributed by atoms with Gasteiger partial charge in [-0.3, -0.25) is 9.52 Å². The van der Waals surface area contributed by atoms with Gasteiger partial charge in [-0.25, -0.2) is 8.42 Å². The third kappa shape index (κ3) is 6.49. The average molecular weight is 555 g/mol. The predicted octanol–water partition coefficient (Wildman–Crippen LogP) is 5.18. The predicted molar refractivity (Wildman–Crippen MR) is 145 cm³/mol. The number of aliphatic hydroxyl groups is 1. The first kappa shape index (κ1) is 27.1. The maximum Gasteiger partial charge on any atom is 0.263 e. The fraction of sp³-hybridized carbons (Fsp3) is 0.185. The van der Waals surface area contributed by atoms with Gasteiger partial charge in [-0.1, -0.05) is 11.2 Å². The molecule has 38 heavy (non-hydrogen) atoms. The van der Waals surface area contributed by atoms with Crippen molar-refractivity contribution in [3.8, 4) is 21.9 Å². The second-order valence-electron chi connectivity index (χ2n) is 8.14. The van der Waals surface area contributed by atoms with Crippen LogP contribution in [-0.2, 0) is 10.0 Å². The van der Waals surface area contributed by atoms with Crippen molar-refractivity contribution < 1.29 is 32.3 Å². The topological polar surface area (TPSA) is 128 Å². The van der Waals surface area contributed by atoms with Gasteiger partial charge in [0.05, 0.1) is 18.6 Å². The summed E-state index contributed by atoms with van der Waals surface area (Å²) in [6.45, 7) is 1.94.